The number of hydrogen-bond donors (Lipinski definition) is 1. The number of likely N-dealkylation sites (N-methyl/N-ethyl adjacent to an activating group) is 1. The predicted molar refractivity (Wildman–Crippen MR) is 64.7 cm³/mol. The number of nitrogens with two attached hydrogens (primary N) is 1. The second-order valence-corrected chi connectivity index (χ2v) is 4.48. The van der Waals surface area contributed by atoms with Gasteiger partial charge in [0.2, 0.25) is 0 Å². The molecule has 0 saturated carbocycles. The van der Waals surface area contributed by atoms with Crippen LogP contribution >= 0.6 is 15.9 Å². The van der Waals surface area contributed by atoms with Gasteiger partial charge in [0.05, 0.1) is 5.56 Å². The van der Waals surface area contributed by atoms with Gasteiger partial charge < -0.3 is 10.6 Å². The molecule has 1 atom stereocenters. The molecule has 3 nitrogen and oxygen atoms in total. The number of benzene rings is 1. The molecule has 0 aliphatic heterocycles. The van der Waals surface area contributed by atoms with Crippen LogP contribution < -0.4 is 5.73 Å². The van der Waals surface area contributed by atoms with E-state index >= 15 is 0 Å². The molecular formula is C11H14BrFN2O. The smallest absolute Gasteiger partial charge is 0.255 e. The highest BCUT2D eigenvalue weighted by Crippen LogP contribution is 2.19. The first-order valence-electron chi connectivity index (χ1n) is 4.89. The maximum Gasteiger partial charge on any atom is 0.255 e. The molecule has 0 aliphatic rings. The van der Waals surface area contributed by atoms with Gasteiger partial charge in [-0.05, 0) is 41.1 Å². The Balaban J connectivity index is 2.96. The van der Waals surface area contributed by atoms with E-state index in [4.69, 9.17) is 5.73 Å². The molecule has 0 fully saturated rings. The van der Waals surface area contributed by atoms with E-state index in [1.165, 1.54) is 23.1 Å². The molecule has 1 unspecified atom stereocenters. The molecule has 1 aromatic carbocycles. The summed E-state index contributed by atoms with van der Waals surface area (Å²) < 4.78 is 13.3. The fraction of sp³-hybridized carbons (Fsp3) is 0.364. The third-order valence-corrected chi connectivity index (χ3v) is 3.14. The Morgan fingerprint density at radius 3 is 2.75 bits per heavy atom. The van der Waals surface area contributed by atoms with Gasteiger partial charge in [-0.1, -0.05) is 0 Å². The van der Waals surface area contributed by atoms with Gasteiger partial charge in [-0.25, -0.2) is 4.39 Å². The van der Waals surface area contributed by atoms with Crippen LogP contribution in [-0.4, -0.2) is 30.4 Å². The van der Waals surface area contributed by atoms with E-state index in [2.05, 4.69) is 15.9 Å². The minimum Gasteiger partial charge on any atom is -0.338 e. The molecule has 0 aliphatic carbocycles. The number of carbonyl (C=O) groups excluding carboxylic acids is 1. The minimum absolute atomic E-state index is 0.0514. The maximum atomic E-state index is 12.9. The molecule has 88 valence electrons. The van der Waals surface area contributed by atoms with Crippen molar-refractivity contribution in [2.24, 2.45) is 5.73 Å². The zero-order chi connectivity index (χ0) is 12.3. The van der Waals surface area contributed by atoms with Crippen molar-refractivity contribution in [2.45, 2.75) is 13.0 Å². The van der Waals surface area contributed by atoms with Crippen molar-refractivity contribution in [2.75, 3.05) is 13.6 Å². The molecule has 0 heterocycles. The maximum absolute atomic E-state index is 12.9. The normalized spacial score (nSPS) is 12.3. The molecule has 5 heteroatoms. The lowest BCUT2D eigenvalue weighted by atomic mass is 10.1. The molecule has 2 N–H and O–H groups in total. The number of carbonyl (C=O) groups is 1. The average molecular weight is 289 g/mol. The third kappa shape index (κ3) is 2.80. The molecule has 0 saturated heterocycles. The summed E-state index contributed by atoms with van der Waals surface area (Å²) in [6.07, 6.45) is 0. The van der Waals surface area contributed by atoms with E-state index < -0.39 is 0 Å². The summed E-state index contributed by atoms with van der Waals surface area (Å²) >= 11 is 3.17. The van der Waals surface area contributed by atoms with Gasteiger partial charge in [0.1, 0.15) is 5.82 Å². The second kappa shape index (κ2) is 5.41. The van der Waals surface area contributed by atoms with E-state index in [0.29, 0.717) is 16.6 Å². The van der Waals surface area contributed by atoms with Crippen LogP contribution in [0.3, 0.4) is 0 Å². The predicted octanol–water partition coefficient (Wildman–Crippen LogP) is 2.01. The van der Waals surface area contributed by atoms with E-state index in [0.717, 1.165) is 0 Å². The highest BCUT2D eigenvalue weighted by atomic mass is 79.9. The fourth-order valence-electron chi connectivity index (χ4n) is 1.21. The van der Waals surface area contributed by atoms with Crippen molar-refractivity contribution < 1.29 is 9.18 Å². The van der Waals surface area contributed by atoms with Crippen LogP contribution in [0.1, 0.15) is 17.3 Å². The lowest BCUT2D eigenvalue weighted by Gasteiger charge is -2.24. The quantitative estimate of drug-likeness (QED) is 0.925. The van der Waals surface area contributed by atoms with Crippen LogP contribution in [0.5, 0.6) is 0 Å². The standard InChI is InChI=1S/C11H14BrFN2O/c1-7(6-14)15(2)11(16)9-4-3-8(13)5-10(9)12/h3-5,7H,6,14H2,1-2H3. The van der Waals surface area contributed by atoms with Crippen LogP contribution in [0.4, 0.5) is 4.39 Å². The number of nitrogens with zero attached hydrogens (tertiary/aromatic N) is 1. The molecule has 1 aromatic rings. The first kappa shape index (κ1) is 13.1. The fourth-order valence-corrected chi connectivity index (χ4v) is 1.73. The van der Waals surface area contributed by atoms with Crippen LogP contribution in [0.25, 0.3) is 0 Å². The van der Waals surface area contributed by atoms with Gasteiger partial charge >= 0.3 is 0 Å². The van der Waals surface area contributed by atoms with Gasteiger partial charge in [0.25, 0.3) is 5.91 Å². The van der Waals surface area contributed by atoms with Gasteiger partial charge in [0.15, 0.2) is 0 Å². The molecule has 1 rings (SSSR count). The number of amides is 1. The molecule has 1 amide bonds. The molecule has 16 heavy (non-hydrogen) atoms. The molecule has 0 spiro atoms. The highest BCUT2D eigenvalue weighted by Gasteiger charge is 2.18. The molecule has 0 aromatic heterocycles. The Labute approximate surface area is 103 Å². The van der Waals surface area contributed by atoms with Gasteiger partial charge in [-0.3, -0.25) is 4.79 Å². The minimum atomic E-state index is -0.377. The first-order chi connectivity index (χ1) is 7.47. The van der Waals surface area contributed by atoms with Crippen molar-refractivity contribution in [1.82, 2.24) is 4.90 Å². The van der Waals surface area contributed by atoms with Crippen LogP contribution in [0, 0.1) is 5.82 Å². The molecule has 0 bridgehead atoms. The van der Waals surface area contributed by atoms with Crippen molar-refractivity contribution in [3.05, 3.63) is 34.1 Å². The number of rotatable bonds is 3. The summed E-state index contributed by atoms with van der Waals surface area (Å²) in [5.41, 5.74) is 5.92. The largest absolute Gasteiger partial charge is 0.338 e. The summed E-state index contributed by atoms with van der Waals surface area (Å²) in [5.74, 6) is -0.553. The highest BCUT2D eigenvalue weighted by molar-refractivity contribution is 9.10. The number of halogens is 2. The van der Waals surface area contributed by atoms with E-state index in [-0.39, 0.29) is 17.8 Å². The lowest BCUT2D eigenvalue weighted by molar-refractivity contribution is 0.0747. The van der Waals surface area contributed by atoms with Gasteiger partial charge in [-0.15, -0.1) is 0 Å². The Morgan fingerprint density at radius 2 is 2.25 bits per heavy atom. The van der Waals surface area contributed by atoms with Gasteiger partial charge in [-0.2, -0.15) is 0 Å². The topological polar surface area (TPSA) is 46.3 Å². The SMILES string of the molecule is CC(CN)N(C)C(=O)c1ccc(F)cc1Br. The van der Waals surface area contributed by atoms with Crippen molar-refractivity contribution in [1.29, 1.82) is 0 Å². The molecular weight excluding hydrogens is 275 g/mol. The molecule has 0 radical (unpaired) electrons. The monoisotopic (exact) mass is 288 g/mol. The number of hydrogen-bond acceptors (Lipinski definition) is 2. The van der Waals surface area contributed by atoms with Crippen LogP contribution in [0.15, 0.2) is 22.7 Å². The Hall–Kier alpha value is -0.940. The summed E-state index contributed by atoms with van der Waals surface area (Å²) in [6.45, 7) is 2.25. The average Bonchev–Trinajstić information content (AvgIpc) is 2.26. The van der Waals surface area contributed by atoms with E-state index in [9.17, 15) is 9.18 Å². The second-order valence-electron chi connectivity index (χ2n) is 3.62. The first-order valence-corrected chi connectivity index (χ1v) is 5.69. The van der Waals surface area contributed by atoms with E-state index in [1.807, 2.05) is 6.92 Å². The summed E-state index contributed by atoms with van der Waals surface area (Å²) in [7, 11) is 1.68. The lowest BCUT2D eigenvalue weighted by Crippen LogP contribution is -2.39. The summed E-state index contributed by atoms with van der Waals surface area (Å²) in [6, 6.07) is 3.94. The summed E-state index contributed by atoms with van der Waals surface area (Å²) in [4.78, 5) is 13.5. The summed E-state index contributed by atoms with van der Waals surface area (Å²) in [5, 5.41) is 0. The zero-order valence-corrected chi connectivity index (χ0v) is 10.8. The Morgan fingerprint density at radius 1 is 1.62 bits per heavy atom. The van der Waals surface area contributed by atoms with Crippen molar-refractivity contribution in [3.8, 4) is 0 Å². The van der Waals surface area contributed by atoms with Crippen molar-refractivity contribution >= 4 is 21.8 Å². The van der Waals surface area contributed by atoms with Crippen molar-refractivity contribution in [3.63, 3.8) is 0 Å². The zero-order valence-electron chi connectivity index (χ0n) is 9.21. The van der Waals surface area contributed by atoms with Crippen LogP contribution in [-0.2, 0) is 0 Å². The Kier molecular flexibility index (Phi) is 4.44. The van der Waals surface area contributed by atoms with Gasteiger partial charge in [0, 0.05) is 24.1 Å². The van der Waals surface area contributed by atoms with Crippen LogP contribution in [0.2, 0.25) is 0 Å². The van der Waals surface area contributed by atoms with E-state index in [1.54, 1.807) is 7.05 Å². The Bertz CT molecular complexity index is 398. The third-order valence-electron chi connectivity index (χ3n) is 2.48.